The van der Waals surface area contributed by atoms with E-state index < -0.39 is 6.04 Å². The normalized spacial score (nSPS) is 27.2. The van der Waals surface area contributed by atoms with Gasteiger partial charge in [-0.1, -0.05) is 19.9 Å². The van der Waals surface area contributed by atoms with Crippen LogP contribution in [0.5, 0.6) is 5.75 Å². The summed E-state index contributed by atoms with van der Waals surface area (Å²) in [6, 6.07) is 5.75. The minimum Gasteiger partial charge on any atom is -0.489 e. The van der Waals surface area contributed by atoms with Crippen molar-refractivity contribution in [2.24, 2.45) is 0 Å². The fourth-order valence-electron chi connectivity index (χ4n) is 4.83. The average Bonchev–Trinajstić information content (AvgIpc) is 3.03. The summed E-state index contributed by atoms with van der Waals surface area (Å²) >= 11 is 0. The SMILES string of the molecule is C=C1CCC(N2Cc3cc(OC4CCCCC4N(C)CC)ccc3C2=O)C(=O)N1. The second-order valence-electron chi connectivity index (χ2n) is 8.48. The zero-order valence-corrected chi connectivity index (χ0v) is 17.4. The molecule has 1 aliphatic carbocycles. The molecule has 4 rings (SSSR count). The molecule has 1 saturated heterocycles. The number of nitrogens with one attached hydrogen (secondary N) is 1. The van der Waals surface area contributed by atoms with Crippen molar-refractivity contribution >= 4 is 11.8 Å². The molecular formula is C23H31N3O3. The van der Waals surface area contributed by atoms with Crippen LogP contribution in [0.2, 0.25) is 0 Å². The maximum Gasteiger partial charge on any atom is 0.255 e. The summed E-state index contributed by atoms with van der Waals surface area (Å²) < 4.78 is 6.40. The van der Waals surface area contributed by atoms with Crippen molar-refractivity contribution in [1.29, 1.82) is 0 Å². The highest BCUT2D eigenvalue weighted by atomic mass is 16.5. The molecule has 156 valence electrons. The third-order valence-electron chi connectivity index (χ3n) is 6.63. The highest BCUT2D eigenvalue weighted by molar-refractivity contribution is 6.01. The quantitative estimate of drug-likeness (QED) is 0.829. The first kappa shape index (κ1) is 20.0. The molecular weight excluding hydrogens is 366 g/mol. The monoisotopic (exact) mass is 397 g/mol. The predicted molar refractivity (Wildman–Crippen MR) is 112 cm³/mol. The molecule has 2 amide bonds. The van der Waals surface area contributed by atoms with Crippen molar-refractivity contribution in [2.75, 3.05) is 13.6 Å². The minimum absolute atomic E-state index is 0.0690. The summed E-state index contributed by atoms with van der Waals surface area (Å²) in [5.41, 5.74) is 2.35. The van der Waals surface area contributed by atoms with Crippen LogP contribution in [0.3, 0.4) is 0 Å². The molecule has 0 radical (unpaired) electrons. The molecule has 2 heterocycles. The summed E-state index contributed by atoms with van der Waals surface area (Å²) in [5.74, 6) is 0.619. The Morgan fingerprint density at radius 2 is 2.03 bits per heavy atom. The second kappa shape index (κ2) is 8.19. The van der Waals surface area contributed by atoms with Gasteiger partial charge >= 0.3 is 0 Å². The molecule has 1 aromatic rings. The predicted octanol–water partition coefficient (Wildman–Crippen LogP) is 3.08. The largest absolute Gasteiger partial charge is 0.489 e. The van der Waals surface area contributed by atoms with E-state index in [4.69, 9.17) is 4.74 Å². The topological polar surface area (TPSA) is 61.9 Å². The molecule has 2 fully saturated rings. The molecule has 0 bridgehead atoms. The summed E-state index contributed by atoms with van der Waals surface area (Å²) in [7, 11) is 2.16. The lowest BCUT2D eigenvalue weighted by atomic mass is 9.91. The molecule has 1 aromatic carbocycles. The average molecular weight is 398 g/mol. The van der Waals surface area contributed by atoms with Gasteiger partial charge in [0.25, 0.3) is 5.91 Å². The summed E-state index contributed by atoms with van der Waals surface area (Å²) in [5, 5.41) is 2.78. The smallest absolute Gasteiger partial charge is 0.255 e. The lowest BCUT2D eigenvalue weighted by Gasteiger charge is -2.37. The zero-order chi connectivity index (χ0) is 20.5. The van der Waals surface area contributed by atoms with Gasteiger partial charge in [0, 0.05) is 23.8 Å². The van der Waals surface area contributed by atoms with E-state index >= 15 is 0 Å². The lowest BCUT2D eigenvalue weighted by Crippen LogP contribution is -2.49. The van der Waals surface area contributed by atoms with Gasteiger partial charge < -0.3 is 19.9 Å². The molecule has 3 aliphatic rings. The van der Waals surface area contributed by atoms with Crippen LogP contribution >= 0.6 is 0 Å². The Kier molecular flexibility index (Phi) is 5.63. The molecule has 0 spiro atoms. The number of fused-ring (bicyclic) bond motifs is 1. The number of nitrogens with zero attached hydrogens (tertiary/aromatic N) is 2. The number of hydrogen-bond donors (Lipinski definition) is 1. The fraction of sp³-hybridized carbons (Fsp3) is 0.565. The van der Waals surface area contributed by atoms with E-state index in [0.717, 1.165) is 36.4 Å². The van der Waals surface area contributed by atoms with Crippen LogP contribution in [0.4, 0.5) is 0 Å². The molecule has 3 atom stereocenters. The van der Waals surface area contributed by atoms with Crippen LogP contribution < -0.4 is 10.1 Å². The van der Waals surface area contributed by atoms with Crippen molar-refractivity contribution in [3.63, 3.8) is 0 Å². The van der Waals surface area contributed by atoms with Crippen molar-refractivity contribution in [2.45, 2.75) is 70.2 Å². The molecule has 3 unspecified atom stereocenters. The van der Waals surface area contributed by atoms with Gasteiger partial charge in [0.15, 0.2) is 0 Å². The number of likely N-dealkylation sites (N-methyl/N-ethyl adjacent to an activating group) is 1. The number of ether oxygens (including phenoxy) is 1. The van der Waals surface area contributed by atoms with Gasteiger partial charge in [0.1, 0.15) is 17.9 Å². The molecule has 2 aliphatic heterocycles. The number of amides is 2. The van der Waals surface area contributed by atoms with Crippen molar-refractivity contribution < 1.29 is 14.3 Å². The number of rotatable bonds is 5. The number of carbonyl (C=O) groups excluding carboxylic acids is 2. The number of benzene rings is 1. The van der Waals surface area contributed by atoms with E-state index in [1.165, 1.54) is 12.8 Å². The Morgan fingerprint density at radius 3 is 2.79 bits per heavy atom. The van der Waals surface area contributed by atoms with Gasteiger partial charge in [0.05, 0.1) is 0 Å². The van der Waals surface area contributed by atoms with E-state index in [0.29, 0.717) is 31.0 Å². The second-order valence-corrected chi connectivity index (χ2v) is 8.48. The molecule has 1 N–H and O–H groups in total. The number of allylic oxidation sites excluding steroid dienone is 1. The number of piperidine rings is 1. The Hall–Kier alpha value is -2.34. The highest BCUT2D eigenvalue weighted by Gasteiger charge is 2.38. The Bertz CT molecular complexity index is 822. The van der Waals surface area contributed by atoms with Crippen LogP contribution in [-0.2, 0) is 11.3 Å². The van der Waals surface area contributed by atoms with Gasteiger partial charge in [-0.05, 0) is 69.5 Å². The Morgan fingerprint density at radius 1 is 1.24 bits per heavy atom. The van der Waals surface area contributed by atoms with Crippen molar-refractivity contribution in [1.82, 2.24) is 15.1 Å². The third kappa shape index (κ3) is 3.90. The molecule has 1 saturated carbocycles. The van der Waals surface area contributed by atoms with Gasteiger partial charge in [-0.2, -0.15) is 0 Å². The van der Waals surface area contributed by atoms with E-state index in [-0.39, 0.29) is 17.9 Å². The highest BCUT2D eigenvalue weighted by Crippen LogP contribution is 2.33. The van der Waals surface area contributed by atoms with Crippen molar-refractivity contribution in [3.05, 3.63) is 41.6 Å². The van der Waals surface area contributed by atoms with E-state index in [1.807, 2.05) is 18.2 Å². The third-order valence-corrected chi connectivity index (χ3v) is 6.63. The Balaban J connectivity index is 1.48. The Labute approximate surface area is 172 Å². The molecule has 29 heavy (non-hydrogen) atoms. The standard InChI is InChI=1S/C23H31N3O3/c1-4-25(3)19-7-5-6-8-21(19)29-17-10-11-18-16(13-17)14-26(23(18)28)20-12-9-15(2)24-22(20)27/h10-11,13,19-21H,2,4-9,12,14H2,1,3H3,(H,24,27). The first-order chi connectivity index (χ1) is 14.0. The lowest BCUT2D eigenvalue weighted by molar-refractivity contribution is -0.126. The summed E-state index contributed by atoms with van der Waals surface area (Å²) in [4.78, 5) is 29.3. The van der Waals surface area contributed by atoms with E-state index in [1.54, 1.807) is 4.90 Å². The van der Waals surface area contributed by atoms with E-state index in [9.17, 15) is 9.59 Å². The maximum absolute atomic E-state index is 12.9. The first-order valence-corrected chi connectivity index (χ1v) is 10.8. The zero-order valence-electron chi connectivity index (χ0n) is 17.4. The van der Waals surface area contributed by atoms with Gasteiger partial charge in [-0.25, -0.2) is 0 Å². The molecule has 6 heteroatoms. The van der Waals surface area contributed by atoms with Crippen LogP contribution in [0.1, 0.15) is 61.4 Å². The summed E-state index contributed by atoms with van der Waals surface area (Å²) in [6.45, 7) is 7.46. The van der Waals surface area contributed by atoms with Crippen molar-refractivity contribution in [3.8, 4) is 5.75 Å². The first-order valence-electron chi connectivity index (χ1n) is 10.8. The summed E-state index contributed by atoms with van der Waals surface area (Å²) in [6.07, 6.45) is 6.17. The molecule has 6 nitrogen and oxygen atoms in total. The molecule has 0 aromatic heterocycles. The van der Waals surface area contributed by atoms with Crippen LogP contribution in [0.25, 0.3) is 0 Å². The van der Waals surface area contributed by atoms with Gasteiger partial charge in [0.2, 0.25) is 5.91 Å². The number of hydrogen-bond acceptors (Lipinski definition) is 4. The minimum atomic E-state index is -0.425. The van der Waals surface area contributed by atoms with Gasteiger partial charge in [-0.15, -0.1) is 0 Å². The van der Waals surface area contributed by atoms with Crippen LogP contribution in [-0.4, -0.2) is 53.4 Å². The van der Waals surface area contributed by atoms with Crippen LogP contribution in [0, 0.1) is 0 Å². The van der Waals surface area contributed by atoms with Gasteiger partial charge in [-0.3, -0.25) is 9.59 Å². The van der Waals surface area contributed by atoms with E-state index in [2.05, 4.69) is 30.8 Å². The number of carbonyl (C=O) groups is 2. The maximum atomic E-state index is 12.9. The fourth-order valence-corrected chi connectivity index (χ4v) is 4.83. The van der Waals surface area contributed by atoms with Crippen LogP contribution in [0.15, 0.2) is 30.5 Å².